The van der Waals surface area contributed by atoms with Crippen molar-refractivity contribution in [1.82, 2.24) is 0 Å². The minimum Gasteiger partial charge on any atom is -0.386 e. The second kappa shape index (κ2) is 3.02. The lowest BCUT2D eigenvalue weighted by atomic mass is 9.85. The molecule has 1 saturated carbocycles. The molecule has 0 bridgehead atoms. The Balaban J connectivity index is 1.97. The molecule has 0 aromatic carbocycles. The van der Waals surface area contributed by atoms with Crippen molar-refractivity contribution in [3.63, 3.8) is 0 Å². The Morgan fingerprint density at radius 1 is 1.36 bits per heavy atom. The molecular weight excluding hydrogens is 186 g/mol. The number of hydrogen-bond acceptors (Lipinski definition) is 1. The molecule has 14 heavy (non-hydrogen) atoms. The Morgan fingerprint density at radius 2 is 2.00 bits per heavy atom. The summed E-state index contributed by atoms with van der Waals surface area (Å²) in [5.41, 5.74) is -0.961. The van der Waals surface area contributed by atoms with Crippen LogP contribution in [0.15, 0.2) is 12.2 Å². The molecule has 0 radical (unpaired) electrons. The summed E-state index contributed by atoms with van der Waals surface area (Å²) in [5.74, 6) is -1.51. The highest BCUT2D eigenvalue weighted by Crippen LogP contribution is 2.46. The fourth-order valence-electron chi connectivity index (χ4n) is 2.13. The minimum atomic E-state index is -2.71. The Morgan fingerprint density at radius 3 is 2.43 bits per heavy atom. The van der Waals surface area contributed by atoms with Gasteiger partial charge in [-0.05, 0) is 37.2 Å². The van der Waals surface area contributed by atoms with Crippen LogP contribution in [0.25, 0.3) is 0 Å². The Bertz CT molecular complexity index is 262. The first-order valence-corrected chi connectivity index (χ1v) is 5.21. The van der Waals surface area contributed by atoms with Crippen LogP contribution in [0.2, 0.25) is 0 Å². The highest BCUT2D eigenvalue weighted by molar-refractivity contribution is 5.13. The molecule has 80 valence electrons. The van der Waals surface area contributed by atoms with Gasteiger partial charge in [0.15, 0.2) is 0 Å². The molecule has 3 unspecified atom stereocenters. The molecule has 0 saturated heterocycles. The molecule has 0 amide bonds. The molecule has 0 aromatic heterocycles. The maximum Gasteiger partial charge on any atom is 0.266 e. The van der Waals surface area contributed by atoms with Gasteiger partial charge in [0.05, 0.1) is 5.60 Å². The van der Waals surface area contributed by atoms with Crippen LogP contribution in [0.1, 0.15) is 32.6 Å². The van der Waals surface area contributed by atoms with Crippen LogP contribution in [-0.4, -0.2) is 16.6 Å². The zero-order valence-corrected chi connectivity index (χ0v) is 8.34. The predicted molar refractivity (Wildman–Crippen MR) is 50.2 cm³/mol. The maximum atomic E-state index is 12.8. The van der Waals surface area contributed by atoms with Gasteiger partial charge in [-0.25, -0.2) is 8.78 Å². The minimum absolute atomic E-state index is 0.194. The summed E-state index contributed by atoms with van der Waals surface area (Å²) in [6, 6.07) is 0. The average Bonchev–Trinajstić information content (AvgIpc) is 2.74. The van der Waals surface area contributed by atoms with E-state index in [2.05, 4.69) is 6.92 Å². The molecule has 0 spiro atoms. The third kappa shape index (κ3) is 2.14. The van der Waals surface area contributed by atoms with Gasteiger partial charge in [0.2, 0.25) is 0 Å². The van der Waals surface area contributed by atoms with E-state index in [9.17, 15) is 13.9 Å². The van der Waals surface area contributed by atoms with Crippen LogP contribution in [0.4, 0.5) is 8.78 Å². The summed E-state index contributed by atoms with van der Waals surface area (Å²) in [7, 11) is 0. The largest absolute Gasteiger partial charge is 0.386 e. The molecule has 0 aliphatic heterocycles. The molecule has 0 aromatic rings. The second-order valence-corrected chi connectivity index (χ2v) is 4.88. The summed E-state index contributed by atoms with van der Waals surface area (Å²) in [4.78, 5) is 0. The lowest BCUT2D eigenvalue weighted by molar-refractivity contribution is -0.0174. The lowest BCUT2D eigenvalue weighted by Gasteiger charge is -2.31. The molecule has 2 aliphatic carbocycles. The van der Waals surface area contributed by atoms with Gasteiger partial charge in [0, 0.05) is 6.42 Å². The van der Waals surface area contributed by atoms with Gasteiger partial charge in [-0.2, -0.15) is 0 Å². The van der Waals surface area contributed by atoms with Crippen LogP contribution in [0.5, 0.6) is 0 Å². The Hall–Kier alpha value is -0.440. The van der Waals surface area contributed by atoms with E-state index in [1.807, 2.05) is 0 Å². The molecule has 1 nitrogen and oxygen atoms in total. The lowest BCUT2D eigenvalue weighted by Crippen LogP contribution is -2.34. The highest BCUT2D eigenvalue weighted by Gasteiger charge is 2.43. The first kappa shape index (κ1) is 10.1. The van der Waals surface area contributed by atoms with Gasteiger partial charge in [-0.15, -0.1) is 0 Å². The van der Waals surface area contributed by atoms with E-state index in [4.69, 9.17) is 0 Å². The van der Waals surface area contributed by atoms with Gasteiger partial charge in [0.25, 0.3) is 5.92 Å². The van der Waals surface area contributed by atoms with Crippen LogP contribution in [0.3, 0.4) is 0 Å². The number of halogens is 2. The first-order chi connectivity index (χ1) is 6.40. The number of hydrogen-bond donors (Lipinski definition) is 1. The van der Waals surface area contributed by atoms with Gasteiger partial charge in [0.1, 0.15) is 0 Å². The fourth-order valence-corrected chi connectivity index (χ4v) is 2.13. The summed E-state index contributed by atoms with van der Waals surface area (Å²) in [5, 5.41) is 10.0. The molecule has 1 N–H and O–H groups in total. The number of aliphatic hydroxyl groups is 1. The van der Waals surface area contributed by atoms with E-state index < -0.39 is 11.5 Å². The van der Waals surface area contributed by atoms with Crippen molar-refractivity contribution in [1.29, 1.82) is 0 Å². The summed E-state index contributed by atoms with van der Waals surface area (Å²) < 4.78 is 25.6. The Labute approximate surface area is 82.8 Å². The summed E-state index contributed by atoms with van der Waals surface area (Å²) >= 11 is 0. The summed E-state index contributed by atoms with van der Waals surface area (Å²) in [6.07, 6.45) is 3.93. The maximum absolute atomic E-state index is 12.8. The first-order valence-electron chi connectivity index (χ1n) is 5.21. The van der Waals surface area contributed by atoms with Crippen molar-refractivity contribution in [2.75, 3.05) is 0 Å². The molecule has 3 atom stereocenters. The monoisotopic (exact) mass is 202 g/mol. The van der Waals surface area contributed by atoms with Gasteiger partial charge >= 0.3 is 0 Å². The van der Waals surface area contributed by atoms with Crippen LogP contribution < -0.4 is 0 Å². The third-order valence-corrected chi connectivity index (χ3v) is 3.42. The van der Waals surface area contributed by atoms with Gasteiger partial charge in [-0.1, -0.05) is 13.0 Å². The van der Waals surface area contributed by atoms with E-state index in [0.29, 0.717) is 18.3 Å². The second-order valence-electron chi connectivity index (χ2n) is 4.88. The van der Waals surface area contributed by atoms with Crippen molar-refractivity contribution in [2.45, 2.75) is 44.1 Å². The average molecular weight is 202 g/mol. The number of rotatable bonds is 2. The molecule has 0 heterocycles. The number of alkyl halides is 2. The van der Waals surface area contributed by atoms with E-state index in [1.165, 1.54) is 6.08 Å². The third-order valence-electron chi connectivity index (χ3n) is 3.42. The van der Waals surface area contributed by atoms with Gasteiger partial charge < -0.3 is 5.11 Å². The summed E-state index contributed by atoms with van der Waals surface area (Å²) in [6.45, 7) is 2.13. The van der Waals surface area contributed by atoms with Gasteiger partial charge in [-0.3, -0.25) is 0 Å². The van der Waals surface area contributed by atoms with E-state index in [0.717, 1.165) is 12.5 Å². The molecule has 1 fully saturated rings. The Kier molecular flexibility index (Phi) is 2.18. The van der Waals surface area contributed by atoms with Crippen molar-refractivity contribution in [3.05, 3.63) is 12.2 Å². The SMILES string of the molecule is CC1CC1CC1(O)C=CC(F)(F)CC1. The van der Waals surface area contributed by atoms with Crippen molar-refractivity contribution < 1.29 is 13.9 Å². The van der Waals surface area contributed by atoms with E-state index in [-0.39, 0.29) is 12.8 Å². The smallest absolute Gasteiger partial charge is 0.266 e. The molecule has 2 aliphatic rings. The molecule has 2 rings (SSSR count). The predicted octanol–water partition coefficient (Wildman–Crippen LogP) is 2.75. The molecular formula is C11H16F2O. The zero-order valence-electron chi connectivity index (χ0n) is 8.34. The fraction of sp³-hybridized carbons (Fsp3) is 0.818. The van der Waals surface area contributed by atoms with Crippen molar-refractivity contribution in [2.24, 2.45) is 11.8 Å². The van der Waals surface area contributed by atoms with Crippen LogP contribution in [0, 0.1) is 11.8 Å². The zero-order chi connectivity index (χ0) is 10.4. The van der Waals surface area contributed by atoms with E-state index in [1.54, 1.807) is 0 Å². The van der Waals surface area contributed by atoms with Crippen molar-refractivity contribution >= 4 is 0 Å². The van der Waals surface area contributed by atoms with Crippen LogP contribution >= 0.6 is 0 Å². The highest BCUT2D eigenvalue weighted by atomic mass is 19.3. The standard InChI is InChI=1S/C11H16F2O/c1-8-6-9(8)7-10(14)2-4-11(12,13)5-3-10/h2,4,8-9,14H,3,5-7H2,1H3. The number of allylic oxidation sites excluding steroid dienone is 1. The molecule has 3 heteroatoms. The normalized spacial score (nSPS) is 45.1. The van der Waals surface area contributed by atoms with E-state index >= 15 is 0 Å². The van der Waals surface area contributed by atoms with Crippen molar-refractivity contribution in [3.8, 4) is 0 Å². The topological polar surface area (TPSA) is 20.2 Å². The quantitative estimate of drug-likeness (QED) is 0.683. The van der Waals surface area contributed by atoms with Crippen LogP contribution in [-0.2, 0) is 0 Å².